The molecule has 1 atom stereocenters. The van der Waals surface area contributed by atoms with Gasteiger partial charge in [-0.25, -0.2) is 0 Å². The molecular weight excluding hydrogens is 278 g/mol. The molecule has 0 saturated carbocycles. The minimum absolute atomic E-state index is 0.618. The van der Waals surface area contributed by atoms with Gasteiger partial charge in [-0.3, -0.25) is 14.4 Å². The van der Waals surface area contributed by atoms with Gasteiger partial charge in [-0.1, -0.05) is 31.2 Å². The summed E-state index contributed by atoms with van der Waals surface area (Å²) in [6.45, 7) is 2.72. The molecule has 0 aliphatic carbocycles. The smallest absolute Gasteiger partial charge is 0.325 e. The Labute approximate surface area is 131 Å². The zero-order chi connectivity index (χ0) is 16.1. The van der Waals surface area contributed by atoms with Crippen LogP contribution in [0.25, 0.3) is 0 Å². The lowest BCUT2D eigenvalue weighted by Gasteiger charge is -2.26. The molecule has 2 rings (SSSR count). The molecule has 0 amide bonds. The highest BCUT2D eigenvalue weighted by atomic mass is 16.4. The molecule has 1 aromatic heterocycles. The van der Waals surface area contributed by atoms with Crippen LogP contribution in [0.15, 0.2) is 36.7 Å². The van der Waals surface area contributed by atoms with Gasteiger partial charge in [0.05, 0.1) is 6.20 Å². The van der Waals surface area contributed by atoms with E-state index in [4.69, 9.17) is 0 Å². The number of aryl methyl sites for hydroxylation is 2. The van der Waals surface area contributed by atoms with Gasteiger partial charge in [-0.05, 0) is 36.6 Å². The summed E-state index contributed by atoms with van der Waals surface area (Å²) in [7, 11) is 3.74. The molecule has 0 fully saturated rings. The lowest BCUT2D eigenvalue weighted by atomic mass is 9.97. The fourth-order valence-electron chi connectivity index (χ4n) is 2.72. The Morgan fingerprint density at radius 3 is 2.73 bits per heavy atom. The summed E-state index contributed by atoms with van der Waals surface area (Å²) >= 11 is 0. The van der Waals surface area contributed by atoms with Gasteiger partial charge >= 0.3 is 5.97 Å². The standard InChI is InChI=1S/C17H23N3O2/c1-4-14-7-5-6-8-15(14)16(17(21)22)19(2)10-9-13-11-18-20(3)12-13/h5-8,11-12,16H,4,9-10H2,1-3H3,(H,21,22). The fourth-order valence-corrected chi connectivity index (χ4v) is 2.72. The normalized spacial score (nSPS) is 12.5. The number of carbonyl (C=O) groups is 1. The number of carboxylic acid groups (broad SMARTS) is 1. The first-order valence-corrected chi connectivity index (χ1v) is 7.51. The first kappa shape index (κ1) is 16.2. The lowest BCUT2D eigenvalue weighted by molar-refractivity contribution is -0.143. The predicted molar refractivity (Wildman–Crippen MR) is 85.7 cm³/mol. The molecule has 5 nitrogen and oxygen atoms in total. The Bertz CT molecular complexity index is 636. The molecule has 118 valence electrons. The monoisotopic (exact) mass is 301 g/mol. The Morgan fingerprint density at radius 2 is 2.14 bits per heavy atom. The number of aliphatic carboxylic acids is 1. The van der Waals surface area contributed by atoms with E-state index in [1.807, 2.05) is 62.6 Å². The number of hydrogen-bond donors (Lipinski definition) is 1. The van der Waals surface area contributed by atoms with Crippen molar-refractivity contribution < 1.29 is 9.90 Å². The van der Waals surface area contributed by atoms with E-state index >= 15 is 0 Å². The number of aromatic nitrogens is 2. The van der Waals surface area contributed by atoms with Crippen molar-refractivity contribution in [3.8, 4) is 0 Å². The topological polar surface area (TPSA) is 58.4 Å². The summed E-state index contributed by atoms with van der Waals surface area (Å²) in [6, 6.07) is 7.15. The SMILES string of the molecule is CCc1ccccc1C(C(=O)O)N(C)CCc1cnn(C)c1. The number of benzene rings is 1. The molecule has 0 bridgehead atoms. The Hall–Kier alpha value is -2.14. The Morgan fingerprint density at radius 1 is 1.41 bits per heavy atom. The Kier molecular flexibility index (Phi) is 5.33. The lowest BCUT2D eigenvalue weighted by Crippen LogP contribution is -2.33. The third-order valence-corrected chi connectivity index (χ3v) is 3.92. The van der Waals surface area contributed by atoms with E-state index in [0.717, 1.165) is 29.5 Å². The molecule has 5 heteroatoms. The molecule has 1 heterocycles. The molecule has 22 heavy (non-hydrogen) atoms. The van der Waals surface area contributed by atoms with Crippen LogP contribution in [0.4, 0.5) is 0 Å². The summed E-state index contributed by atoms with van der Waals surface area (Å²) in [4.78, 5) is 13.7. The van der Waals surface area contributed by atoms with Crippen LogP contribution in [0.5, 0.6) is 0 Å². The van der Waals surface area contributed by atoms with Gasteiger partial charge in [-0.2, -0.15) is 5.10 Å². The maximum atomic E-state index is 11.8. The summed E-state index contributed by atoms with van der Waals surface area (Å²) in [5, 5.41) is 13.8. The van der Waals surface area contributed by atoms with Gasteiger partial charge in [0.25, 0.3) is 0 Å². The van der Waals surface area contributed by atoms with Gasteiger partial charge in [0, 0.05) is 19.8 Å². The zero-order valence-corrected chi connectivity index (χ0v) is 13.4. The van der Waals surface area contributed by atoms with E-state index in [1.54, 1.807) is 4.68 Å². The van der Waals surface area contributed by atoms with Crippen LogP contribution < -0.4 is 0 Å². The minimum Gasteiger partial charge on any atom is -0.480 e. The van der Waals surface area contributed by atoms with E-state index in [9.17, 15) is 9.90 Å². The highest BCUT2D eigenvalue weighted by Gasteiger charge is 2.26. The molecular formula is C17H23N3O2. The van der Waals surface area contributed by atoms with Crippen LogP contribution in [0, 0.1) is 0 Å². The largest absolute Gasteiger partial charge is 0.480 e. The zero-order valence-electron chi connectivity index (χ0n) is 13.4. The number of rotatable bonds is 7. The second-order valence-corrected chi connectivity index (χ2v) is 5.55. The molecule has 0 aliphatic rings. The van der Waals surface area contributed by atoms with Crippen molar-refractivity contribution in [1.29, 1.82) is 0 Å². The van der Waals surface area contributed by atoms with Gasteiger partial charge in [0.1, 0.15) is 6.04 Å². The third kappa shape index (κ3) is 3.74. The number of carboxylic acids is 1. The van der Waals surface area contributed by atoms with Crippen LogP contribution in [-0.2, 0) is 24.7 Å². The average molecular weight is 301 g/mol. The van der Waals surface area contributed by atoms with Crippen molar-refractivity contribution in [1.82, 2.24) is 14.7 Å². The van der Waals surface area contributed by atoms with Gasteiger partial charge in [-0.15, -0.1) is 0 Å². The number of hydrogen-bond acceptors (Lipinski definition) is 3. The summed E-state index contributed by atoms with van der Waals surface area (Å²) in [5.74, 6) is -0.811. The van der Waals surface area contributed by atoms with E-state index in [0.29, 0.717) is 6.54 Å². The van der Waals surface area contributed by atoms with E-state index in [2.05, 4.69) is 5.10 Å². The van der Waals surface area contributed by atoms with Crippen LogP contribution in [0.1, 0.15) is 29.7 Å². The summed E-state index contributed by atoms with van der Waals surface area (Å²) in [5.41, 5.74) is 3.08. The quantitative estimate of drug-likeness (QED) is 0.852. The second-order valence-electron chi connectivity index (χ2n) is 5.55. The second kappa shape index (κ2) is 7.22. The fraction of sp³-hybridized carbons (Fsp3) is 0.412. The molecule has 0 aliphatic heterocycles. The highest BCUT2D eigenvalue weighted by molar-refractivity contribution is 5.76. The molecule has 1 N–H and O–H groups in total. The Balaban J connectivity index is 2.15. The summed E-state index contributed by atoms with van der Waals surface area (Å²) < 4.78 is 1.76. The summed E-state index contributed by atoms with van der Waals surface area (Å²) in [6.07, 6.45) is 5.39. The maximum Gasteiger partial charge on any atom is 0.325 e. The van der Waals surface area contributed by atoms with Crippen molar-refractivity contribution in [2.24, 2.45) is 7.05 Å². The average Bonchev–Trinajstić information content (AvgIpc) is 2.91. The molecule has 2 aromatic rings. The molecule has 0 radical (unpaired) electrons. The molecule has 1 aromatic carbocycles. The first-order chi connectivity index (χ1) is 10.5. The van der Waals surface area contributed by atoms with Crippen LogP contribution >= 0.6 is 0 Å². The number of nitrogens with zero attached hydrogens (tertiary/aromatic N) is 3. The van der Waals surface area contributed by atoms with Crippen LogP contribution in [-0.4, -0.2) is 39.3 Å². The first-order valence-electron chi connectivity index (χ1n) is 7.51. The van der Waals surface area contributed by atoms with E-state index < -0.39 is 12.0 Å². The van der Waals surface area contributed by atoms with Crippen molar-refractivity contribution in [2.45, 2.75) is 25.8 Å². The van der Waals surface area contributed by atoms with Crippen molar-refractivity contribution in [3.63, 3.8) is 0 Å². The maximum absolute atomic E-state index is 11.8. The third-order valence-electron chi connectivity index (χ3n) is 3.92. The number of likely N-dealkylation sites (N-methyl/N-ethyl adjacent to an activating group) is 1. The van der Waals surface area contributed by atoms with Crippen molar-refractivity contribution >= 4 is 5.97 Å². The van der Waals surface area contributed by atoms with Gasteiger partial charge in [0.2, 0.25) is 0 Å². The van der Waals surface area contributed by atoms with Gasteiger partial charge < -0.3 is 5.11 Å². The predicted octanol–water partition coefficient (Wildman–Crippen LogP) is 2.28. The molecule has 0 spiro atoms. The van der Waals surface area contributed by atoms with E-state index in [-0.39, 0.29) is 0 Å². The van der Waals surface area contributed by atoms with Gasteiger partial charge in [0.15, 0.2) is 0 Å². The molecule has 0 saturated heterocycles. The molecule has 1 unspecified atom stereocenters. The highest BCUT2D eigenvalue weighted by Crippen LogP contribution is 2.24. The van der Waals surface area contributed by atoms with Crippen LogP contribution in [0.3, 0.4) is 0 Å². The van der Waals surface area contributed by atoms with Crippen molar-refractivity contribution in [3.05, 3.63) is 53.3 Å². The van der Waals surface area contributed by atoms with Crippen molar-refractivity contribution in [2.75, 3.05) is 13.6 Å². The minimum atomic E-state index is -0.811. The van der Waals surface area contributed by atoms with Crippen LogP contribution in [0.2, 0.25) is 0 Å². The van der Waals surface area contributed by atoms with E-state index in [1.165, 1.54) is 0 Å².